The summed E-state index contributed by atoms with van der Waals surface area (Å²) < 4.78 is 0. The molecule has 0 radical (unpaired) electrons. The predicted octanol–water partition coefficient (Wildman–Crippen LogP) is 3.24. The Labute approximate surface area is 83.4 Å². The van der Waals surface area contributed by atoms with Crippen molar-refractivity contribution in [3.63, 3.8) is 0 Å². The topological polar surface area (TPSA) is 0 Å². The maximum absolute atomic E-state index is 2.24. The fraction of sp³-hybridized carbons (Fsp3) is 0.500. The van der Waals surface area contributed by atoms with Crippen molar-refractivity contribution in [1.29, 1.82) is 0 Å². The van der Waals surface area contributed by atoms with Crippen LogP contribution < -0.4 is 5.46 Å². The highest BCUT2D eigenvalue weighted by atomic mass is 13.9. The summed E-state index contributed by atoms with van der Waals surface area (Å²) in [6.45, 7) is 11.4. The highest BCUT2D eigenvalue weighted by Crippen LogP contribution is 1.98. The molecule has 0 amide bonds. The standard InChI is InChI=1S/C10H15B.C2H6/c1-4-9-7-5-6-8-10(9)11(2)3;1-2/h5-8H,4H2,1-3H3;1-2H3. The van der Waals surface area contributed by atoms with Crippen LogP contribution in [0, 0.1) is 0 Å². The van der Waals surface area contributed by atoms with Crippen molar-refractivity contribution in [2.45, 2.75) is 40.8 Å². The molecule has 1 rings (SSSR count). The van der Waals surface area contributed by atoms with Gasteiger partial charge in [0.25, 0.3) is 0 Å². The van der Waals surface area contributed by atoms with Crippen molar-refractivity contribution in [3.05, 3.63) is 29.8 Å². The lowest BCUT2D eigenvalue weighted by Gasteiger charge is -2.07. The van der Waals surface area contributed by atoms with Gasteiger partial charge < -0.3 is 0 Å². The molecule has 72 valence electrons. The van der Waals surface area contributed by atoms with E-state index in [4.69, 9.17) is 0 Å². The molecule has 0 nitrogen and oxygen atoms in total. The predicted molar refractivity (Wildman–Crippen MR) is 64.3 cm³/mol. The van der Waals surface area contributed by atoms with Crippen LogP contribution in [0.15, 0.2) is 24.3 Å². The van der Waals surface area contributed by atoms with Gasteiger partial charge in [-0.05, 0) is 6.42 Å². The Hall–Kier alpha value is -0.715. The van der Waals surface area contributed by atoms with Gasteiger partial charge in [-0.2, -0.15) is 0 Å². The lowest BCUT2D eigenvalue weighted by Crippen LogP contribution is -2.26. The van der Waals surface area contributed by atoms with E-state index in [1.165, 1.54) is 11.0 Å². The van der Waals surface area contributed by atoms with E-state index >= 15 is 0 Å². The Morgan fingerprint density at radius 3 is 2.00 bits per heavy atom. The maximum atomic E-state index is 2.24. The summed E-state index contributed by atoms with van der Waals surface area (Å²) in [5, 5.41) is 0. The quantitative estimate of drug-likeness (QED) is 0.607. The molecular weight excluding hydrogens is 155 g/mol. The monoisotopic (exact) mass is 176 g/mol. The van der Waals surface area contributed by atoms with Crippen LogP contribution in [0.1, 0.15) is 26.3 Å². The van der Waals surface area contributed by atoms with Gasteiger partial charge >= 0.3 is 0 Å². The first-order chi connectivity index (χ1) is 6.25. The summed E-state index contributed by atoms with van der Waals surface area (Å²) in [6, 6.07) is 8.68. The van der Waals surface area contributed by atoms with Crippen LogP contribution in [0.4, 0.5) is 0 Å². The first-order valence-electron chi connectivity index (χ1n) is 5.33. The summed E-state index contributed by atoms with van der Waals surface area (Å²) in [6.07, 6.45) is 1.15. The van der Waals surface area contributed by atoms with Crippen molar-refractivity contribution in [3.8, 4) is 0 Å². The number of benzene rings is 1. The van der Waals surface area contributed by atoms with E-state index < -0.39 is 0 Å². The molecule has 1 aromatic rings. The Morgan fingerprint density at radius 2 is 1.62 bits per heavy atom. The van der Waals surface area contributed by atoms with E-state index in [9.17, 15) is 0 Å². The van der Waals surface area contributed by atoms with E-state index in [1.54, 1.807) is 0 Å². The van der Waals surface area contributed by atoms with E-state index in [0.29, 0.717) is 6.71 Å². The zero-order valence-corrected chi connectivity index (χ0v) is 9.59. The summed E-state index contributed by atoms with van der Waals surface area (Å²) in [5.41, 5.74) is 2.98. The fourth-order valence-corrected chi connectivity index (χ4v) is 1.42. The highest BCUT2D eigenvalue weighted by molar-refractivity contribution is 6.71. The average molecular weight is 176 g/mol. The van der Waals surface area contributed by atoms with Gasteiger partial charge in [0.2, 0.25) is 0 Å². The molecule has 0 aromatic heterocycles. The van der Waals surface area contributed by atoms with Crippen molar-refractivity contribution < 1.29 is 0 Å². The molecule has 0 heterocycles. The van der Waals surface area contributed by atoms with E-state index in [0.717, 1.165) is 6.42 Å². The molecule has 1 heteroatoms. The van der Waals surface area contributed by atoms with Gasteiger partial charge in [0.05, 0.1) is 0 Å². The number of rotatable bonds is 2. The molecule has 0 atom stereocenters. The zero-order valence-electron chi connectivity index (χ0n) is 9.59. The molecule has 0 saturated carbocycles. The molecular formula is C12H21B. The number of hydrogen-bond acceptors (Lipinski definition) is 0. The Bertz CT molecular complexity index is 228. The van der Waals surface area contributed by atoms with Crippen LogP contribution in [-0.2, 0) is 6.42 Å². The van der Waals surface area contributed by atoms with Gasteiger partial charge in [-0.25, -0.2) is 0 Å². The minimum atomic E-state index is 0.658. The maximum Gasteiger partial charge on any atom is 0.169 e. The largest absolute Gasteiger partial charge is 0.169 e. The molecule has 0 fully saturated rings. The first kappa shape index (κ1) is 12.3. The van der Waals surface area contributed by atoms with Gasteiger partial charge in [-0.3, -0.25) is 0 Å². The van der Waals surface area contributed by atoms with Crippen LogP contribution in [-0.4, -0.2) is 6.71 Å². The van der Waals surface area contributed by atoms with Crippen molar-refractivity contribution >= 4 is 12.2 Å². The second kappa shape index (κ2) is 6.76. The lowest BCUT2D eigenvalue weighted by atomic mass is 9.48. The molecule has 1 aromatic carbocycles. The van der Waals surface area contributed by atoms with Crippen LogP contribution in [0.5, 0.6) is 0 Å². The molecule has 0 aliphatic carbocycles. The van der Waals surface area contributed by atoms with Crippen LogP contribution in [0.2, 0.25) is 13.6 Å². The lowest BCUT2D eigenvalue weighted by molar-refractivity contribution is 1.15. The highest BCUT2D eigenvalue weighted by Gasteiger charge is 2.05. The van der Waals surface area contributed by atoms with Crippen molar-refractivity contribution in [2.75, 3.05) is 0 Å². The number of aryl methyl sites for hydroxylation is 1. The third-order valence-electron chi connectivity index (χ3n) is 2.06. The van der Waals surface area contributed by atoms with Crippen LogP contribution >= 0.6 is 0 Å². The van der Waals surface area contributed by atoms with Gasteiger partial charge in [-0.15, -0.1) is 0 Å². The number of hydrogen-bond donors (Lipinski definition) is 0. The smallest absolute Gasteiger partial charge is 0.0819 e. The Morgan fingerprint density at radius 1 is 1.08 bits per heavy atom. The fourth-order valence-electron chi connectivity index (χ4n) is 1.42. The van der Waals surface area contributed by atoms with Gasteiger partial charge in [-0.1, -0.05) is 69.7 Å². The molecule has 13 heavy (non-hydrogen) atoms. The normalized spacial score (nSPS) is 8.69. The molecule has 0 bridgehead atoms. The molecule has 0 saturated heterocycles. The Balaban J connectivity index is 0.000000671. The van der Waals surface area contributed by atoms with Gasteiger partial charge in [0.15, 0.2) is 6.71 Å². The minimum absolute atomic E-state index is 0.658. The SMILES string of the molecule is CC.CCc1ccccc1B(C)C. The third-order valence-corrected chi connectivity index (χ3v) is 2.06. The summed E-state index contributed by atoms with van der Waals surface area (Å²) in [7, 11) is 0. The average Bonchev–Trinajstić information content (AvgIpc) is 2.20. The summed E-state index contributed by atoms with van der Waals surface area (Å²) in [5.74, 6) is 0. The summed E-state index contributed by atoms with van der Waals surface area (Å²) in [4.78, 5) is 0. The van der Waals surface area contributed by atoms with E-state index in [2.05, 4.69) is 44.8 Å². The molecule has 0 N–H and O–H groups in total. The molecule has 0 aliphatic heterocycles. The van der Waals surface area contributed by atoms with E-state index in [-0.39, 0.29) is 0 Å². The van der Waals surface area contributed by atoms with E-state index in [1.807, 2.05) is 13.8 Å². The summed E-state index contributed by atoms with van der Waals surface area (Å²) >= 11 is 0. The molecule has 0 aliphatic rings. The van der Waals surface area contributed by atoms with Crippen LogP contribution in [0.3, 0.4) is 0 Å². The third kappa shape index (κ3) is 3.67. The van der Waals surface area contributed by atoms with Crippen molar-refractivity contribution in [2.24, 2.45) is 0 Å². The van der Waals surface area contributed by atoms with Gasteiger partial charge in [0.1, 0.15) is 0 Å². The van der Waals surface area contributed by atoms with Gasteiger partial charge in [0, 0.05) is 0 Å². The Kier molecular flexibility index (Phi) is 6.39. The minimum Gasteiger partial charge on any atom is -0.0819 e. The first-order valence-corrected chi connectivity index (χ1v) is 5.33. The molecule has 0 spiro atoms. The van der Waals surface area contributed by atoms with Crippen LogP contribution in [0.25, 0.3) is 0 Å². The zero-order chi connectivity index (χ0) is 10.3. The van der Waals surface area contributed by atoms with Crippen molar-refractivity contribution in [1.82, 2.24) is 0 Å². The second-order valence-electron chi connectivity index (χ2n) is 3.21. The molecule has 0 unspecified atom stereocenters. The second-order valence-corrected chi connectivity index (χ2v) is 3.21.